The number of ether oxygens (including phenoxy) is 1. The number of carbonyl (C=O) groups is 1. The van der Waals surface area contributed by atoms with Crippen LogP contribution in [0.4, 0.5) is 19.0 Å². The Morgan fingerprint density at radius 2 is 2.19 bits per heavy atom. The molecule has 2 fully saturated rings. The van der Waals surface area contributed by atoms with E-state index >= 15 is 0 Å². The predicted molar refractivity (Wildman–Crippen MR) is 90.2 cm³/mol. The van der Waals surface area contributed by atoms with E-state index in [0.717, 1.165) is 45.2 Å². The fourth-order valence-electron chi connectivity index (χ4n) is 3.14. The molecule has 2 aliphatic heterocycles. The third-order valence-electron chi connectivity index (χ3n) is 4.42. The van der Waals surface area contributed by atoms with E-state index in [-0.39, 0.29) is 5.41 Å². The maximum absolute atomic E-state index is 10.6. The molecule has 1 atom stereocenters. The minimum absolute atomic E-state index is 0.180. The molecule has 0 aromatic carbocycles. The monoisotopic (exact) mass is 386 g/mol. The SMILES string of the molecule is N#Cc1cccc(N2CCOCC3(CCCNC3)C2)n1.O=C(O)C(F)(F)F. The van der Waals surface area contributed by atoms with Crippen LogP contribution < -0.4 is 10.2 Å². The van der Waals surface area contributed by atoms with Crippen molar-refractivity contribution in [3.63, 3.8) is 0 Å². The summed E-state index contributed by atoms with van der Waals surface area (Å²) in [6, 6.07) is 7.74. The van der Waals surface area contributed by atoms with E-state index in [2.05, 4.69) is 21.3 Å². The van der Waals surface area contributed by atoms with Gasteiger partial charge in [-0.15, -0.1) is 0 Å². The smallest absolute Gasteiger partial charge is 0.475 e. The van der Waals surface area contributed by atoms with E-state index in [9.17, 15) is 13.2 Å². The second-order valence-corrected chi connectivity index (χ2v) is 6.55. The third kappa shape index (κ3) is 6.08. The van der Waals surface area contributed by atoms with E-state index in [4.69, 9.17) is 19.9 Å². The summed E-state index contributed by atoms with van der Waals surface area (Å²) in [7, 11) is 0. The molecule has 1 aromatic heterocycles. The van der Waals surface area contributed by atoms with Crippen LogP contribution in [0.2, 0.25) is 0 Å². The van der Waals surface area contributed by atoms with Gasteiger partial charge in [0.25, 0.3) is 0 Å². The predicted octanol–water partition coefficient (Wildman–Crippen LogP) is 1.79. The Bertz CT molecular complexity index is 685. The molecule has 7 nitrogen and oxygen atoms in total. The Hall–Kier alpha value is -2.38. The van der Waals surface area contributed by atoms with Gasteiger partial charge in [-0.1, -0.05) is 6.07 Å². The van der Waals surface area contributed by atoms with Gasteiger partial charge in [0, 0.05) is 25.0 Å². The zero-order chi connectivity index (χ0) is 19.9. The van der Waals surface area contributed by atoms with Crippen molar-refractivity contribution in [3.8, 4) is 6.07 Å². The Balaban J connectivity index is 0.000000321. The van der Waals surface area contributed by atoms with Gasteiger partial charge in [-0.25, -0.2) is 9.78 Å². The van der Waals surface area contributed by atoms with E-state index in [1.54, 1.807) is 6.07 Å². The number of nitriles is 1. The van der Waals surface area contributed by atoms with Gasteiger partial charge in [-0.3, -0.25) is 0 Å². The average molecular weight is 386 g/mol. The fraction of sp³-hybridized carbons (Fsp3) is 0.588. The largest absolute Gasteiger partial charge is 0.490 e. The number of nitrogens with zero attached hydrogens (tertiary/aromatic N) is 3. The van der Waals surface area contributed by atoms with E-state index in [0.29, 0.717) is 5.69 Å². The number of aromatic nitrogens is 1. The van der Waals surface area contributed by atoms with Crippen LogP contribution in [0.5, 0.6) is 0 Å². The highest BCUT2D eigenvalue weighted by molar-refractivity contribution is 5.73. The number of hydrogen-bond acceptors (Lipinski definition) is 6. The van der Waals surface area contributed by atoms with E-state index < -0.39 is 12.1 Å². The number of alkyl halides is 3. The molecule has 1 spiro atoms. The topological polar surface area (TPSA) is 98.5 Å². The Kier molecular flexibility index (Phi) is 6.98. The van der Waals surface area contributed by atoms with Crippen molar-refractivity contribution >= 4 is 11.8 Å². The zero-order valence-electron chi connectivity index (χ0n) is 14.6. The third-order valence-corrected chi connectivity index (χ3v) is 4.42. The number of carboxylic acids is 1. The lowest BCUT2D eigenvalue weighted by atomic mass is 9.81. The minimum atomic E-state index is -5.08. The molecule has 0 aliphatic carbocycles. The number of rotatable bonds is 1. The van der Waals surface area contributed by atoms with Gasteiger partial charge < -0.3 is 20.1 Å². The van der Waals surface area contributed by atoms with Crippen molar-refractivity contribution in [1.82, 2.24) is 10.3 Å². The summed E-state index contributed by atoms with van der Waals surface area (Å²) in [6.45, 7) is 5.42. The van der Waals surface area contributed by atoms with Crippen LogP contribution >= 0.6 is 0 Å². The van der Waals surface area contributed by atoms with Gasteiger partial charge in [0.1, 0.15) is 17.6 Å². The molecule has 2 aliphatic rings. The van der Waals surface area contributed by atoms with Gasteiger partial charge >= 0.3 is 12.1 Å². The second kappa shape index (κ2) is 9.01. The Labute approximate surface area is 154 Å². The van der Waals surface area contributed by atoms with Crippen molar-refractivity contribution in [2.45, 2.75) is 19.0 Å². The summed E-state index contributed by atoms with van der Waals surface area (Å²) in [4.78, 5) is 15.6. The molecule has 1 aromatic rings. The first-order chi connectivity index (χ1) is 12.8. The molecule has 2 saturated heterocycles. The molecule has 1 unspecified atom stereocenters. The molecule has 148 valence electrons. The van der Waals surface area contributed by atoms with Crippen LogP contribution in [0.1, 0.15) is 18.5 Å². The molecule has 2 N–H and O–H groups in total. The minimum Gasteiger partial charge on any atom is -0.475 e. The van der Waals surface area contributed by atoms with Gasteiger partial charge in [0.05, 0.1) is 13.2 Å². The van der Waals surface area contributed by atoms with Crippen molar-refractivity contribution < 1.29 is 27.8 Å². The molecular weight excluding hydrogens is 365 g/mol. The van der Waals surface area contributed by atoms with Crippen molar-refractivity contribution in [3.05, 3.63) is 23.9 Å². The van der Waals surface area contributed by atoms with Crippen LogP contribution in [0.3, 0.4) is 0 Å². The molecule has 3 heterocycles. The van der Waals surface area contributed by atoms with Crippen LogP contribution in [0.15, 0.2) is 18.2 Å². The lowest BCUT2D eigenvalue weighted by molar-refractivity contribution is -0.192. The Morgan fingerprint density at radius 1 is 1.44 bits per heavy atom. The molecule has 10 heteroatoms. The standard InChI is InChI=1S/C15H20N4O.C2HF3O2/c16-9-13-3-1-4-14(18-13)19-7-8-20-12-15(11-19)5-2-6-17-10-15;3-2(4,5)1(6)7/h1,3-4,17H,2,5-8,10-12H2;(H,6,7). The van der Waals surface area contributed by atoms with Crippen molar-refractivity contribution in [2.75, 3.05) is 44.3 Å². The lowest BCUT2D eigenvalue weighted by Gasteiger charge is -2.39. The molecule has 27 heavy (non-hydrogen) atoms. The Morgan fingerprint density at radius 3 is 2.78 bits per heavy atom. The lowest BCUT2D eigenvalue weighted by Crippen LogP contribution is -2.49. The van der Waals surface area contributed by atoms with Crippen LogP contribution in [0, 0.1) is 16.7 Å². The number of hydrogen-bond donors (Lipinski definition) is 2. The number of piperidine rings is 1. The molecular formula is C17H21F3N4O3. The summed E-state index contributed by atoms with van der Waals surface area (Å²) in [5, 5.41) is 19.6. The van der Waals surface area contributed by atoms with Crippen LogP contribution in [-0.2, 0) is 9.53 Å². The number of aliphatic carboxylic acids is 1. The number of nitrogens with one attached hydrogen (secondary N) is 1. The van der Waals surface area contributed by atoms with Gasteiger partial charge in [-0.05, 0) is 31.5 Å². The van der Waals surface area contributed by atoms with Crippen LogP contribution in [0.25, 0.3) is 0 Å². The molecule has 0 radical (unpaired) electrons. The fourth-order valence-corrected chi connectivity index (χ4v) is 3.14. The van der Waals surface area contributed by atoms with Crippen molar-refractivity contribution in [1.29, 1.82) is 5.26 Å². The molecule has 0 saturated carbocycles. The first kappa shape index (κ1) is 20.9. The average Bonchev–Trinajstić information content (AvgIpc) is 2.85. The van der Waals surface area contributed by atoms with Crippen molar-refractivity contribution in [2.24, 2.45) is 5.41 Å². The summed E-state index contributed by atoms with van der Waals surface area (Å²) in [5.74, 6) is -1.87. The maximum atomic E-state index is 10.6. The number of anilines is 1. The number of pyridine rings is 1. The maximum Gasteiger partial charge on any atom is 0.490 e. The highest BCUT2D eigenvalue weighted by atomic mass is 19.4. The first-order valence-electron chi connectivity index (χ1n) is 8.46. The van der Waals surface area contributed by atoms with E-state index in [1.807, 2.05) is 12.1 Å². The van der Waals surface area contributed by atoms with Gasteiger partial charge in [-0.2, -0.15) is 18.4 Å². The quantitative estimate of drug-likeness (QED) is 0.759. The van der Waals surface area contributed by atoms with Gasteiger partial charge in [0.15, 0.2) is 0 Å². The highest BCUT2D eigenvalue weighted by Crippen LogP contribution is 2.31. The second-order valence-electron chi connectivity index (χ2n) is 6.55. The first-order valence-corrected chi connectivity index (χ1v) is 8.46. The zero-order valence-corrected chi connectivity index (χ0v) is 14.6. The summed E-state index contributed by atoms with van der Waals surface area (Å²) >= 11 is 0. The molecule has 0 amide bonds. The highest BCUT2D eigenvalue weighted by Gasteiger charge is 2.38. The summed E-state index contributed by atoms with van der Waals surface area (Å²) in [6.07, 6.45) is -2.70. The molecule has 0 bridgehead atoms. The normalized spacial score (nSPS) is 23.0. The summed E-state index contributed by atoms with van der Waals surface area (Å²) in [5.41, 5.74) is 0.655. The summed E-state index contributed by atoms with van der Waals surface area (Å²) < 4.78 is 37.6. The molecule has 3 rings (SSSR count). The van der Waals surface area contributed by atoms with Gasteiger partial charge in [0.2, 0.25) is 0 Å². The number of halogens is 3. The van der Waals surface area contributed by atoms with Crippen LogP contribution in [-0.4, -0.2) is 61.6 Å². The van der Waals surface area contributed by atoms with E-state index in [1.165, 1.54) is 12.8 Å². The number of carboxylic acid groups (broad SMARTS) is 1.